The van der Waals surface area contributed by atoms with Gasteiger partial charge in [-0.05, 0) is 43.4 Å². The molecule has 1 aromatic carbocycles. The van der Waals surface area contributed by atoms with Crippen LogP contribution in [0.25, 0.3) is 0 Å². The van der Waals surface area contributed by atoms with Crippen LogP contribution in [0.3, 0.4) is 0 Å². The summed E-state index contributed by atoms with van der Waals surface area (Å²) in [7, 11) is 0. The van der Waals surface area contributed by atoms with Gasteiger partial charge in [0.25, 0.3) is 0 Å². The van der Waals surface area contributed by atoms with E-state index in [4.69, 9.17) is 9.84 Å². The lowest BCUT2D eigenvalue weighted by molar-refractivity contribution is -0.128. The Bertz CT molecular complexity index is 602. The first-order valence-corrected chi connectivity index (χ1v) is 8.82. The molecule has 5 heteroatoms. The van der Waals surface area contributed by atoms with Crippen LogP contribution in [0.4, 0.5) is 0 Å². The summed E-state index contributed by atoms with van der Waals surface area (Å²) in [5.41, 5.74) is 0.914. The van der Waals surface area contributed by atoms with E-state index in [9.17, 15) is 9.59 Å². The number of nitrogens with one attached hydrogen (secondary N) is 1. The molecule has 24 heavy (non-hydrogen) atoms. The van der Waals surface area contributed by atoms with Gasteiger partial charge in [0.1, 0.15) is 0 Å². The molecule has 1 heterocycles. The molecule has 1 spiro atoms. The van der Waals surface area contributed by atoms with Crippen molar-refractivity contribution in [2.75, 3.05) is 6.61 Å². The van der Waals surface area contributed by atoms with Crippen LogP contribution in [0.5, 0.6) is 0 Å². The Labute approximate surface area is 142 Å². The minimum absolute atomic E-state index is 0.0301. The van der Waals surface area contributed by atoms with Gasteiger partial charge in [-0.1, -0.05) is 31.4 Å². The van der Waals surface area contributed by atoms with Gasteiger partial charge in [0.05, 0.1) is 17.6 Å². The molecule has 1 saturated carbocycles. The Balaban J connectivity index is 1.56. The van der Waals surface area contributed by atoms with E-state index in [0.717, 1.165) is 31.2 Å². The molecule has 0 radical (unpaired) electrons. The van der Waals surface area contributed by atoms with Crippen molar-refractivity contribution in [1.29, 1.82) is 0 Å². The van der Waals surface area contributed by atoms with Crippen LogP contribution in [0.1, 0.15) is 60.9 Å². The summed E-state index contributed by atoms with van der Waals surface area (Å²) in [6, 6.07) is 6.73. The molecule has 0 bridgehead atoms. The average molecular weight is 331 g/mol. The highest BCUT2D eigenvalue weighted by Crippen LogP contribution is 2.38. The second-order valence-electron chi connectivity index (χ2n) is 7.03. The van der Waals surface area contributed by atoms with Crippen molar-refractivity contribution in [3.63, 3.8) is 0 Å². The lowest BCUT2D eigenvalue weighted by atomic mass is 9.78. The Kier molecular flexibility index (Phi) is 5.19. The fourth-order valence-corrected chi connectivity index (χ4v) is 3.97. The quantitative estimate of drug-likeness (QED) is 0.889. The Hall–Kier alpha value is -1.88. The van der Waals surface area contributed by atoms with Gasteiger partial charge in [-0.2, -0.15) is 0 Å². The third-order valence-corrected chi connectivity index (χ3v) is 5.16. The smallest absolute Gasteiger partial charge is 0.335 e. The second kappa shape index (κ2) is 7.34. The van der Waals surface area contributed by atoms with Crippen LogP contribution in [-0.2, 0) is 16.0 Å². The highest BCUT2D eigenvalue weighted by molar-refractivity contribution is 5.88. The summed E-state index contributed by atoms with van der Waals surface area (Å²) in [4.78, 5) is 23.3. The van der Waals surface area contributed by atoms with Gasteiger partial charge in [0, 0.05) is 12.6 Å². The van der Waals surface area contributed by atoms with Crippen LogP contribution in [0.15, 0.2) is 24.3 Å². The zero-order valence-corrected chi connectivity index (χ0v) is 13.9. The van der Waals surface area contributed by atoms with Crippen molar-refractivity contribution in [3.8, 4) is 0 Å². The zero-order valence-electron chi connectivity index (χ0n) is 13.9. The van der Waals surface area contributed by atoms with Crippen LogP contribution in [0, 0.1) is 0 Å². The topological polar surface area (TPSA) is 75.6 Å². The van der Waals surface area contributed by atoms with Gasteiger partial charge in [0.15, 0.2) is 0 Å². The molecule has 5 nitrogen and oxygen atoms in total. The summed E-state index contributed by atoms with van der Waals surface area (Å²) in [5.74, 6) is -1.02. The molecule has 1 saturated heterocycles. The predicted molar refractivity (Wildman–Crippen MR) is 90.0 cm³/mol. The molecule has 1 aromatic rings. The number of rotatable bonds is 4. The first kappa shape index (κ1) is 17.0. The van der Waals surface area contributed by atoms with Crippen molar-refractivity contribution in [2.45, 2.75) is 63.0 Å². The van der Waals surface area contributed by atoms with E-state index >= 15 is 0 Å². The minimum Gasteiger partial charge on any atom is -0.478 e. The number of amides is 1. The van der Waals surface area contributed by atoms with E-state index in [1.54, 1.807) is 18.2 Å². The van der Waals surface area contributed by atoms with Crippen molar-refractivity contribution < 1.29 is 19.4 Å². The molecule has 2 aliphatic rings. The minimum atomic E-state index is -0.971. The molecule has 0 aromatic heterocycles. The average Bonchev–Trinajstić information content (AvgIpc) is 2.55. The summed E-state index contributed by atoms with van der Waals surface area (Å²) in [5, 5.41) is 12.2. The van der Waals surface area contributed by atoms with Crippen molar-refractivity contribution >= 4 is 11.9 Å². The molecule has 3 rings (SSSR count). The van der Waals surface area contributed by atoms with E-state index in [-0.39, 0.29) is 29.5 Å². The molecule has 1 atom stereocenters. The lowest BCUT2D eigenvalue weighted by Gasteiger charge is -2.43. The van der Waals surface area contributed by atoms with Gasteiger partial charge in [-0.25, -0.2) is 4.79 Å². The summed E-state index contributed by atoms with van der Waals surface area (Å²) < 4.78 is 6.06. The fourth-order valence-electron chi connectivity index (χ4n) is 3.97. The van der Waals surface area contributed by atoms with Crippen LogP contribution in [0.2, 0.25) is 0 Å². The van der Waals surface area contributed by atoms with E-state index in [0.29, 0.717) is 6.61 Å². The van der Waals surface area contributed by atoms with Crippen LogP contribution in [-0.4, -0.2) is 35.2 Å². The maximum Gasteiger partial charge on any atom is 0.335 e. The third kappa shape index (κ3) is 4.15. The highest BCUT2D eigenvalue weighted by Gasteiger charge is 2.38. The third-order valence-electron chi connectivity index (χ3n) is 5.16. The number of ether oxygens (including phenoxy) is 1. The largest absolute Gasteiger partial charge is 0.478 e. The van der Waals surface area contributed by atoms with E-state index in [1.165, 1.54) is 25.3 Å². The molecular formula is C19H25NO4. The molecular weight excluding hydrogens is 306 g/mol. The molecule has 2 fully saturated rings. The number of carbonyl (C=O) groups excluding carboxylic acids is 1. The molecule has 1 aliphatic heterocycles. The van der Waals surface area contributed by atoms with Crippen LogP contribution < -0.4 is 5.32 Å². The lowest BCUT2D eigenvalue weighted by Crippen LogP contribution is -2.49. The van der Waals surface area contributed by atoms with Crippen molar-refractivity contribution in [1.82, 2.24) is 5.32 Å². The summed E-state index contributed by atoms with van der Waals surface area (Å²) >= 11 is 0. The van der Waals surface area contributed by atoms with Gasteiger partial charge >= 0.3 is 5.97 Å². The molecule has 130 valence electrons. The number of benzene rings is 1. The monoisotopic (exact) mass is 331 g/mol. The summed E-state index contributed by atoms with van der Waals surface area (Å²) in [6.07, 6.45) is 7.86. The Morgan fingerprint density at radius 1 is 1.25 bits per heavy atom. The van der Waals surface area contributed by atoms with Crippen molar-refractivity contribution in [3.05, 3.63) is 35.4 Å². The van der Waals surface area contributed by atoms with E-state index in [1.807, 2.05) is 0 Å². The number of carbonyl (C=O) groups is 2. The second-order valence-corrected chi connectivity index (χ2v) is 7.03. The maximum absolute atomic E-state index is 12.3. The standard InChI is InChI=1S/C19H25NO4/c21-17(12-14-5-4-6-15(11-14)18(22)23)20-16-7-10-24-19(13-16)8-2-1-3-9-19/h4-6,11,16H,1-3,7-10,12-13H2,(H,20,21)(H,22,23). The number of hydrogen-bond acceptors (Lipinski definition) is 3. The fraction of sp³-hybridized carbons (Fsp3) is 0.579. The normalized spacial score (nSPS) is 22.9. The number of aromatic carboxylic acids is 1. The van der Waals surface area contributed by atoms with E-state index in [2.05, 4.69) is 5.32 Å². The Morgan fingerprint density at radius 2 is 2.04 bits per heavy atom. The van der Waals surface area contributed by atoms with Crippen LogP contribution >= 0.6 is 0 Å². The highest BCUT2D eigenvalue weighted by atomic mass is 16.5. The molecule has 1 amide bonds. The zero-order chi connectivity index (χ0) is 17.0. The molecule has 1 unspecified atom stereocenters. The SMILES string of the molecule is O=C(Cc1cccc(C(=O)O)c1)NC1CCOC2(CCCCC2)C1. The number of hydrogen-bond donors (Lipinski definition) is 2. The van der Waals surface area contributed by atoms with Gasteiger partial charge in [-0.15, -0.1) is 0 Å². The van der Waals surface area contributed by atoms with Crippen molar-refractivity contribution in [2.24, 2.45) is 0 Å². The van der Waals surface area contributed by atoms with Gasteiger partial charge < -0.3 is 15.2 Å². The summed E-state index contributed by atoms with van der Waals surface area (Å²) in [6.45, 7) is 0.708. The van der Waals surface area contributed by atoms with Gasteiger partial charge in [-0.3, -0.25) is 4.79 Å². The molecule has 2 N–H and O–H groups in total. The predicted octanol–water partition coefficient (Wildman–Crippen LogP) is 2.93. The first-order valence-electron chi connectivity index (χ1n) is 8.82. The Morgan fingerprint density at radius 3 is 2.79 bits per heavy atom. The first-order chi connectivity index (χ1) is 11.6. The van der Waals surface area contributed by atoms with Gasteiger partial charge in [0.2, 0.25) is 5.91 Å². The number of carboxylic acids is 1. The number of carboxylic acid groups (broad SMARTS) is 1. The molecule has 1 aliphatic carbocycles. The maximum atomic E-state index is 12.3. The van der Waals surface area contributed by atoms with E-state index < -0.39 is 5.97 Å².